The minimum atomic E-state index is -0.831. The lowest BCUT2D eigenvalue weighted by atomic mass is 10.0. The van der Waals surface area contributed by atoms with Gasteiger partial charge < -0.3 is 19.7 Å². The number of nitrogens with zero attached hydrogens (tertiary/aromatic N) is 2. The molecule has 0 bridgehead atoms. The lowest BCUT2D eigenvalue weighted by Crippen LogP contribution is -2.49. The zero-order valence-corrected chi connectivity index (χ0v) is 18.5. The fraction of sp³-hybridized carbons (Fsp3) is 0.455. The Labute approximate surface area is 182 Å². The van der Waals surface area contributed by atoms with Crippen molar-refractivity contribution in [2.24, 2.45) is 5.92 Å². The van der Waals surface area contributed by atoms with Crippen molar-refractivity contribution in [3.05, 3.63) is 42.0 Å². The van der Waals surface area contributed by atoms with Gasteiger partial charge in [0.25, 0.3) is 0 Å². The molecule has 0 aromatic heterocycles. The van der Waals surface area contributed by atoms with Crippen LogP contribution in [0.4, 0.5) is 4.79 Å². The second-order valence-corrected chi connectivity index (χ2v) is 8.13. The summed E-state index contributed by atoms with van der Waals surface area (Å²) in [5, 5.41) is 2.52. The van der Waals surface area contributed by atoms with E-state index in [1.54, 1.807) is 33.9 Å². The van der Waals surface area contributed by atoms with Crippen molar-refractivity contribution in [2.75, 3.05) is 33.8 Å². The number of amides is 3. The molecule has 0 spiro atoms. The molecule has 0 radical (unpaired) electrons. The smallest absolute Gasteiger partial charge is 0.410 e. The van der Waals surface area contributed by atoms with Gasteiger partial charge >= 0.3 is 12.1 Å². The summed E-state index contributed by atoms with van der Waals surface area (Å²) in [6, 6.07) is 9.15. The highest BCUT2D eigenvalue weighted by Crippen LogP contribution is 2.24. The number of benzene rings is 1. The largest absolute Gasteiger partial charge is 0.468 e. The molecule has 1 unspecified atom stereocenters. The van der Waals surface area contributed by atoms with E-state index in [0.717, 1.165) is 5.56 Å². The van der Waals surface area contributed by atoms with Crippen molar-refractivity contribution in [3.8, 4) is 0 Å². The van der Waals surface area contributed by atoms with Gasteiger partial charge in [-0.1, -0.05) is 30.3 Å². The van der Waals surface area contributed by atoms with Crippen LogP contribution in [0.1, 0.15) is 26.3 Å². The number of likely N-dealkylation sites (N-methyl/N-ethyl adjacent to an activating group) is 1. The topological polar surface area (TPSA) is 105 Å². The Bertz CT molecular complexity index is 860. The summed E-state index contributed by atoms with van der Waals surface area (Å²) in [6.45, 7) is 4.51. The molecule has 1 N–H and O–H groups in total. The number of carbonyl (C=O) groups is 4. The SMILES string of the molecule is COC(=O)CNC(=O)C1/C=C(/c2ccccc2)N(C)C(=O)CN(C(=O)OC(C)(C)C)C1. The number of methoxy groups -OCH3 is 1. The number of carbonyl (C=O) groups excluding carboxylic acids is 4. The summed E-state index contributed by atoms with van der Waals surface area (Å²) >= 11 is 0. The fourth-order valence-corrected chi connectivity index (χ4v) is 2.95. The molecule has 0 fully saturated rings. The lowest BCUT2D eigenvalue weighted by molar-refractivity contribution is -0.141. The number of rotatable bonds is 4. The quantitative estimate of drug-likeness (QED) is 0.727. The third-order valence-corrected chi connectivity index (χ3v) is 4.53. The van der Waals surface area contributed by atoms with Crippen LogP contribution < -0.4 is 5.32 Å². The number of nitrogens with one attached hydrogen (secondary N) is 1. The maximum absolute atomic E-state index is 12.9. The molecule has 9 heteroatoms. The van der Waals surface area contributed by atoms with Gasteiger partial charge in [0.1, 0.15) is 18.7 Å². The molecule has 1 atom stereocenters. The minimum Gasteiger partial charge on any atom is -0.468 e. The van der Waals surface area contributed by atoms with E-state index >= 15 is 0 Å². The van der Waals surface area contributed by atoms with E-state index in [4.69, 9.17) is 4.74 Å². The van der Waals surface area contributed by atoms with Gasteiger partial charge in [0.15, 0.2) is 0 Å². The molecular weight excluding hydrogens is 402 g/mol. The third kappa shape index (κ3) is 6.84. The van der Waals surface area contributed by atoms with E-state index in [2.05, 4.69) is 10.1 Å². The standard InChI is InChI=1S/C22H29N3O6/c1-22(2,3)31-21(29)25-13-16(20(28)23-12-19(27)30-5)11-17(24(4)18(26)14-25)15-9-7-6-8-10-15/h6-11,16H,12-14H2,1-5H3,(H,23,28)/b17-11-. The van der Waals surface area contributed by atoms with Gasteiger partial charge in [-0.3, -0.25) is 19.3 Å². The number of esters is 1. The van der Waals surface area contributed by atoms with E-state index in [0.29, 0.717) is 5.70 Å². The maximum Gasteiger partial charge on any atom is 0.410 e. The first-order chi connectivity index (χ1) is 14.5. The molecule has 168 valence electrons. The number of ether oxygens (including phenoxy) is 2. The third-order valence-electron chi connectivity index (χ3n) is 4.53. The van der Waals surface area contributed by atoms with Gasteiger partial charge in [-0.25, -0.2) is 4.79 Å². The van der Waals surface area contributed by atoms with Crippen molar-refractivity contribution in [3.63, 3.8) is 0 Å². The summed E-state index contributed by atoms with van der Waals surface area (Å²) in [7, 11) is 2.81. The van der Waals surface area contributed by atoms with Gasteiger partial charge in [-0.05, 0) is 32.4 Å². The fourth-order valence-electron chi connectivity index (χ4n) is 2.95. The predicted octanol–water partition coefficient (Wildman–Crippen LogP) is 1.64. The second kappa shape index (κ2) is 10.1. The van der Waals surface area contributed by atoms with E-state index in [9.17, 15) is 19.2 Å². The van der Waals surface area contributed by atoms with Crippen LogP contribution in [0.15, 0.2) is 36.4 Å². The molecule has 1 aromatic carbocycles. The molecule has 1 aliphatic rings. The average Bonchev–Trinajstić information content (AvgIpc) is 2.71. The molecular formula is C22H29N3O6. The number of hydrogen-bond acceptors (Lipinski definition) is 6. The normalized spacial score (nSPS) is 18.9. The van der Waals surface area contributed by atoms with Crippen LogP contribution in [-0.2, 0) is 23.9 Å². The molecule has 1 aliphatic heterocycles. The Morgan fingerprint density at radius 3 is 2.39 bits per heavy atom. The van der Waals surface area contributed by atoms with Crippen LogP contribution in [0.5, 0.6) is 0 Å². The summed E-state index contributed by atoms with van der Waals surface area (Å²) in [6.07, 6.45) is 0.924. The van der Waals surface area contributed by atoms with Crippen LogP contribution in [0, 0.1) is 5.92 Å². The summed E-state index contributed by atoms with van der Waals surface area (Å²) in [5.41, 5.74) is 0.518. The van der Waals surface area contributed by atoms with E-state index in [1.807, 2.05) is 30.3 Å². The first kappa shape index (κ1) is 23.9. The van der Waals surface area contributed by atoms with Gasteiger partial charge in [0, 0.05) is 19.3 Å². The first-order valence-electron chi connectivity index (χ1n) is 9.88. The molecule has 31 heavy (non-hydrogen) atoms. The first-order valence-corrected chi connectivity index (χ1v) is 9.88. The van der Waals surface area contributed by atoms with Gasteiger partial charge in [-0.2, -0.15) is 0 Å². The highest BCUT2D eigenvalue weighted by molar-refractivity contribution is 5.93. The van der Waals surface area contributed by atoms with Crippen LogP contribution in [0.25, 0.3) is 5.70 Å². The molecule has 9 nitrogen and oxygen atoms in total. The Hall–Kier alpha value is -3.36. The van der Waals surface area contributed by atoms with Crippen molar-refractivity contribution in [2.45, 2.75) is 26.4 Å². The molecule has 3 amide bonds. The molecule has 1 aromatic rings. The van der Waals surface area contributed by atoms with E-state index < -0.39 is 29.5 Å². The Morgan fingerprint density at radius 1 is 1.16 bits per heavy atom. The Balaban J connectivity index is 2.41. The molecule has 1 heterocycles. The van der Waals surface area contributed by atoms with E-state index in [1.165, 1.54) is 16.9 Å². The molecule has 0 saturated heterocycles. The van der Waals surface area contributed by atoms with Gasteiger partial charge in [0.2, 0.25) is 11.8 Å². The summed E-state index contributed by atoms with van der Waals surface area (Å²) in [4.78, 5) is 52.4. The average molecular weight is 431 g/mol. The van der Waals surface area contributed by atoms with Gasteiger partial charge in [-0.15, -0.1) is 0 Å². The van der Waals surface area contributed by atoms with Crippen LogP contribution >= 0.6 is 0 Å². The zero-order valence-electron chi connectivity index (χ0n) is 18.5. The van der Waals surface area contributed by atoms with Crippen molar-refractivity contribution < 1.29 is 28.7 Å². The number of hydrogen-bond donors (Lipinski definition) is 1. The minimum absolute atomic E-state index is 0.0855. The Morgan fingerprint density at radius 2 is 1.81 bits per heavy atom. The van der Waals surface area contributed by atoms with E-state index in [-0.39, 0.29) is 25.5 Å². The highest BCUT2D eigenvalue weighted by atomic mass is 16.6. The lowest BCUT2D eigenvalue weighted by Gasteiger charge is -2.33. The zero-order chi connectivity index (χ0) is 23.2. The second-order valence-electron chi connectivity index (χ2n) is 8.13. The summed E-state index contributed by atoms with van der Waals surface area (Å²) in [5.74, 6) is -2.23. The van der Waals surface area contributed by atoms with Crippen molar-refractivity contribution >= 4 is 29.6 Å². The van der Waals surface area contributed by atoms with Crippen molar-refractivity contribution in [1.82, 2.24) is 15.1 Å². The van der Waals surface area contributed by atoms with Crippen LogP contribution in [0.3, 0.4) is 0 Å². The van der Waals surface area contributed by atoms with Gasteiger partial charge in [0.05, 0.1) is 13.0 Å². The van der Waals surface area contributed by atoms with Crippen molar-refractivity contribution in [1.29, 1.82) is 0 Å². The molecule has 2 rings (SSSR count). The highest BCUT2D eigenvalue weighted by Gasteiger charge is 2.33. The summed E-state index contributed by atoms with van der Waals surface area (Å²) < 4.78 is 9.96. The monoisotopic (exact) mass is 431 g/mol. The molecule has 0 saturated carbocycles. The van der Waals surface area contributed by atoms with Crippen LogP contribution in [-0.4, -0.2) is 73.1 Å². The molecule has 0 aliphatic carbocycles. The maximum atomic E-state index is 12.9. The van der Waals surface area contributed by atoms with Crippen LogP contribution in [0.2, 0.25) is 0 Å². The Kier molecular flexibility index (Phi) is 7.79. The predicted molar refractivity (Wildman–Crippen MR) is 114 cm³/mol.